The standard InChI is InChI=1S/C17H23N3O2/c1-11(2)13-6-4-5-7-15(13)22-9-8-16-19-14(12(3)18)10-17(21)20-16/h4-7,10-12H,8-9,18H2,1-3H3,(H,19,20,21). The van der Waals surface area contributed by atoms with E-state index in [0.717, 1.165) is 5.75 Å². The van der Waals surface area contributed by atoms with Crippen LogP contribution in [-0.4, -0.2) is 16.6 Å². The minimum absolute atomic E-state index is 0.181. The van der Waals surface area contributed by atoms with E-state index in [1.807, 2.05) is 18.2 Å². The molecule has 0 aliphatic heterocycles. The van der Waals surface area contributed by atoms with Crippen molar-refractivity contribution < 1.29 is 4.74 Å². The number of benzene rings is 1. The number of ether oxygens (including phenoxy) is 1. The number of hydrogen-bond donors (Lipinski definition) is 2. The van der Waals surface area contributed by atoms with Crippen molar-refractivity contribution >= 4 is 0 Å². The first-order chi connectivity index (χ1) is 10.5. The Balaban J connectivity index is 2.04. The van der Waals surface area contributed by atoms with Crippen molar-refractivity contribution in [3.8, 4) is 5.75 Å². The van der Waals surface area contributed by atoms with Crippen LogP contribution in [0.5, 0.6) is 5.75 Å². The molecule has 1 unspecified atom stereocenters. The van der Waals surface area contributed by atoms with Crippen molar-refractivity contribution in [2.75, 3.05) is 6.61 Å². The summed E-state index contributed by atoms with van der Waals surface area (Å²) in [4.78, 5) is 18.7. The molecule has 0 radical (unpaired) electrons. The molecule has 0 bridgehead atoms. The van der Waals surface area contributed by atoms with Crippen molar-refractivity contribution in [1.29, 1.82) is 0 Å². The molecule has 0 aliphatic rings. The average molecular weight is 301 g/mol. The van der Waals surface area contributed by atoms with E-state index >= 15 is 0 Å². The van der Waals surface area contributed by atoms with Crippen molar-refractivity contribution in [2.24, 2.45) is 5.73 Å². The summed E-state index contributed by atoms with van der Waals surface area (Å²) in [5, 5.41) is 0. The van der Waals surface area contributed by atoms with Crippen LogP contribution in [0.15, 0.2) is 35.1 Å². The number of para-hydroxylation sites is 1. The van der Waals surface area contributed by atoms with E-state index in [4.69, 9.17) is 10.5 Å². The molecule has 2 rings (SSSR count). The third-order valence-corrected chi connectivity index (χ3v) is 3.41. The van der Waals surface area contributed by atoms with Crippen LogP contribution in [0.4, 0.5) is 0 Å². The molecule has 1 aromatic carbocycles. The van der Waals surface area contributed by atoms with E-state index in [1.54, 1.807) is 6.92 Å². The molecule has 22 heavy (non-hydrogen) atoms. The maximum atomic E-state index is 11.6. The summed E-state index contributed by atoms with van der Waals surface area (Å²) in [7, 11) is 0. The van der Waals surface area contributed by atoms with Crippen LogP contribution in [0.2, 0.25) is 0 Å². The summed E-state index contributed by atoms with van der Waals surface area (Å²) in [5.74, 6) is 1.88. The van der Waals surface area contributed by atoms with Gasteiger partial charge in [0.15, 0.2) is 0 Å². The van der Waals surface area contributed by atoms with Crippen LogP contribution < -0.4 is 16.0 Å². The smallest absolute Gasteiger partial charge is 0.251 e. The first kappa shape index (κ1) is 16.2. The fourth-order valence-electron chi connectivity index (χ4n) is 2.23. The van der Waals surface area contributed by atoms with Gasteiger partial charge in [-0.2, -0.15) is 0 Å². The van der Waals surface area contributed by atoms with Gasteiger partial charge in [0.2, 0.25) is 0 Å². The molecule has 1 aromatic heterocycles. The Kier molecular flexibility index (Phi) is 5.33. The van der Waals surface area contributed by atoms with E-state index < -0.39 is 0 Å². The second-order valence-electron chi connectivity index (χ2n) is 5.70. The number of rotatable bonds is 6. The molecule has 5 heteroatoms. The Labute approximate surface area is 130 Å². The molecule has 2 aromatic rings. The highest BCUT2D eigenvalue weighted by Crippen LogP contribution is 2.25. The lowest BCUT2D eigenvalue weighted by atomic mass is 10.0. The Morgan fingerprint density at radius 1 is 1.27 bits per heavy atom. The second-order valence-corrected chi connectivity index (χ2v) is 5.70. The Morgan fingerprint density at radius 3 is 2.68 bits per heavy atom. The monoisotopic (exact) mass is 301 g/mol. The maximum Gasteiger partial charge on any atom is 0.251 e. The largest absolute Gasteiger partial charge is 0.493 e. The minimum Gasteiger partial charge on any atom is -0.493 e. The van der Waals surface area contributed by atoms with Crippen LogP contribution in [0.25, 0.3) is 0 Å². The van der Waals surface area contributed by atoms with Gasteiger partial charge in [0.25, 0.3) is 5.56 Å². The number of hydrogen-bond acceptors (Lipinski definition) is 4. The quantitative estimate of drug-likeness (QED) is 0.859. The zero-order valence-electron chi connectivity index (χ0n) is 13.3. The van der Waals surface area contributed by atoms with Crippen molar-refractivity contribution in [3.63, 3.8) is 0 Å². The summed E-state index contributed by atoms with van der Waals surface area (Å²) in [6, 6.07) is 9.17. The SMILES string of the molecule is CC(C)c1ccccc1OCCc1nc(C(C)N)cc(=O)[nH]1. The van der Waals surface area contributed by atoms with Gasteiger partial charge in [0.1, 0.15) is 11.6 Å². The van der Waals surface area contributed by atoms with Crippen LogP contribution in [0.3, 0.4) is 0 Å². The topological polar surface area (TPSA) is 81.0 Å². The van der Waals surface area contributed by atoms with Crippen LogP contribution in [0.1, 0.15) is 49.8 Å². The van der Waals surface area contributed by atoms with Gasteiger partial charge in [0, 0.05) is 18.5 Å². The fourth-order valence-corrected chi connectivity index (χ4v) is 2.23. The number of nitrogens with two attached hydrogens (primary N) is 1. The number of H-pyrrole nitrogens is 1. The number of nitrogens with zero attached hydrogens (tertiary/aromatic N) is 1. The van der Waals surface area contributed by atoms with Crippen LogP contribution in [-0.2, 0) is 6.42 Å². The summed E-state index contributed by atoms with van der Waals surface area (Å²) in [5.41, 5.74) is 7.37. The lowest BCUT2D eigenvalue weighted by molar-refractivity contribution is 0.314. The number of aromatic nitrogens is 2. The number of nitrogens with one attached hydrogen (secondary N) is 1. The molecule has 0 spiro atoms. The molecular weight excluding hydrogens is 278 g/mol. The second kappa shape index (κ2) is 7.22. The molecular formula is C17H23N3O2. The Bertz CT molecular complexity index is 678. The average Bonchev–Trinajstić information content (AvgIpc) is 2.47. The first-order valence-corrected chi connectivity index (χ1v) is 7.55. The zero-order chi connectivity index (χ0) is 16.1. The molecule has 1 heterocycles. The summed E-state index contributed by atoms with van der Waals surface area (Å²) >= 11 is 0. The van der Waals surface area contributed by atoms with Gasteiger partial charge in [-0.1, -0.05) is 32.0 Å². The van der Waals surface area contributed by atoms with E-state index in [-0.39, 0.29) is 11.6 Å². The lowest BCUT2D eigenvalue weighted by Gasteiger charge is -2.14. The summed E-state index contributed by atoms with van der Waals surface area (Å²) in [6.45, 7) is 6.52. The Morgan fingerprint density at radius 2 is 2.00 bits per heavy atom. The molecule has 0 saturated carbocycles. The lowest BCUT2D eigenvalue weighted by Crippen LogP contribution is -2.18. The highest BCUT2D eigenvalue weighted by Gasteiger charge is 2.08. The Hall–Kier alpha value is -2.14. The predicted molar refractivity (Wildman–Crippen MR) is 87.2 cm³/mol. The highest BCUT2D eigenvalue weighted by atomic mass is 16.5. The van der Waals surface area contributed by atoms with Crippen LogP contribution in [0, 0.1) is 0 Å². The van der Waals surface area contributed by atoms with Gasteiger partial charge in [0.05, 0.1) is 12.3 Å². The summed E-state index contributed by atoms with van der Waals surface area (Å²) < 4.78 is 5.85. The first-order valence-electron chi connectivity index (χ1n) is 7.55. The molecule has 5 nitrogen and oxygen atoms in total. The molecule has 3 N–H and O–H groups in total. The van der Waals surface area contributed by atoms with Crippen LogP contribution >= 0.6 is 0 Å². The van der Waals surface area contributed by atoms with E-state index in [0.29, 0.717) is 30.5 Å². The van der Waals surface area contributed by atoms with Gasteiger partial charge >= 0.3 is 0 Å². The van der Waals surface area contributed by atoms with E-state index in [9.17, 15) is 4.79 Å². The number of aromatic amines is 1. The minimum atomic E-state index is -0.261. The van der Waals surface area contributed by atoms with Gasteiger partial charge in [-0.3, -0.25) is 4.79 Å². The molecule has 0 fully saturated rings. The van der Waals surface area contributed by atoms with Crippen molar-refractivity contribution in [2.45, 2.75) is 39.2 Å². The van der Waals surface area contributed by atoms with Gasteiger partial charge < -0.3 is 15.5 Å². The van der Waals surface area contributed by atoms with Crippen molar-refractivity contribution in [3.05, 3.63) is 57.8 Å². The summed E-state index contributed by atoms with van der Waals surface area (Å²) in [6.07, 6.45) is 0.530. The molecule has 118 valence electrons. The third kappa shape index (κ3) is 4.18. The maximum absolute atomic E-state index is 11.6. The normalized spacial score (nSPS) is 12.4. The van der Waals surface area contributed by atoms with E-state index in [2.05, 4.69) is 29.9 Å². The van der Waals surface area contributed by atoms with Gasteiger partial charge in [-0.05, 0) is 24.5 Å². The predicted octanol–water partition coefficient (Wildman–Crippen LogP) is 2.53. The fraction of sp³-hybridized carbons (Fsp3) is 0.412. The zero-order valence-corrected chi connectivity index (χ0v) is 13.3. The molecule has 0 aliphatic carbocycles. The third-order valence-electron chi connectivity index (χ3n) is 3.41. The van der Waals surface area contributed by atoms with E-state index in [1.165, 1.54) is 11.6 Å². The highest BCUT2D eigenvalue weighted by molar-refractivity contribution is 5.35. The molecule has 0 saturated heterocycles. The van der Waals surface area contributed by atoms with Gasteiger partial charge in [-0.15, -0.1) is 0 Å². The van der Waals surface area contributed by atoms with Gasteiger partial charge in [-0.25, -0.2) is 4.98 Å². The molecule has 1 atom stereocenters. The molecule has 0 amide bonds. The van der Waals surface area contributed by atoms with Crippen molar-refractivity contribution in [1.82, 2.24) is 9.97 Å².